The monoisotopic (exact) mass is 667 g/mol. The van der Waals surface area contributed by atoms with Crippen molar-refractivity contribution in [2.75, 3.05) is 9.80 Å². The second kappa shape index (κ2) is 12.4. The summed E-state index contributed by atoms with van der Waals surface area (Å²) in [5.74, 6) is 0. The van der Waals surface area contributed by atoms with Gasteiger partial charge in [0.25, 0.3) is 0 Å². The number of benzene rings is 8. The van der Waals surface area contributed by atoms with Gasteiger partial charge in [-0.1, -0.05) is 115 Å². The largest absolute Gasteiger partial charge is 0.454 e. The summed E-state index contributed by atoms with van der Waals surface area (Å²) in [5, 5.41) is 4.55. The predicted octanol–water partition coefficient (Wildman–Crippen LogP) is 13.6. The number of hydrogen-bond acceptors (Lipinski definition) is 3. The van der Waals surface area contributed by atoms with Crippen molar-refractivity contribution in [3.8, 4) is 5.69 Å². The molecule has 8 aromatic carbocycles. The highest BCUT2D eigenvalue weighted by atomic mass is 16.3. The maximum atomic E-state index is 7.04. The smallest absolute Gasteiger partial charge is 0.159 e. The van der Waals surface area contributed by atoms with E-state index in [1.807, 2.05) is 0 Å². The Labute approximate surface area is 301 Å². The highest BCUT2D eigenvalue weighted by molar-refractivity contribution is 6.17. The van der Waals surface area contributed by atoms with Crippen LogP contribution in [0.1, 0.15) is 0 Å². The minimum Gasteiger partial charge on any atom is -0.454 e. The van der Waals surface area contributed by atoms with Crippen LogP contribution < -0.4 is 9.80 Å². The summed E-state index contributed by atoms with van der Waals surface area (Å²) in [6.07, 6.45) is 0. The lowest BCUT2D eigenvalue weighted by atomic mass is 10.1. The number of nitrogens with zero attached hydrogens (tertiary/aromatic N) is 3. The normalized spacial score (nSPS) is 11.5. The second-order valence-corrected chi connectivity index (χ2v) is 13.0. The van der Waals surface area contributed by atoms with Gasteiger partial charge in [-0.2, -0.15) is 0 Å². The Morgan fingerprint density at radius 3 is 1.35 bits per heavy atom. The summed E-state index contributed by atoms with van der Waals surface area (Å²) in [6, 6.07) is 70.6. The molecule has 0 bridgehead atoms. The molecule has 0 unspecified atom stereocenters. The Bertz CT molecular complexity index is 2710. The van der Waals surface area contributed by atoms with Crippen LogP contribution in [0.3, 0.4) is 0 Å². The van der Waals surface area contributed by atoms with Gasteiger partial charge in [-0.3, -0.25) is 0 Å². The van der Waals surface area contributed by atoms with Crippen molar-refractivity contribution in [3.05, 3.63) is 200 Å². The number of anilines is 6. The Kier molecular flexibility index (Phi) is 7.10. The van der Waals surface area contributed by atoms with E-state index in [0.717, 1.165) is 72.8 Å². The fourth-order valence-corrected chi connectivity index (χ4v) is 7.72. The highest BCUT2D eigenvalue weighted by Crippen LogP contribution is 2.48. The molecule has 0 aliphatic heterocycles. The minimum absolute atomic E-state index is 0.820. The molecule has 0 fully saturated rings. The highest BCUT2D eigenvalue weighted by Gasteiger charge is 2.25. The summed E-state index contributed by atoms with van der Waals surface area (Å²) in [7, 11) is 0. The third-order valence-electron chi connectivity index (χ3n) is 9.92. The van der Waals surface area contributed by atoms with Crippen LogP contribution in [0.4, 0.5) is 34.1 Å². The molecule has 0 atom stereocenters. The third kappa shape index (κ3) is 4.84. The maximum absolute atomic E-state index is 7.04. The number of rotatable bonds is 7. The van der Waals surface area contributed by atoms with Crippen molar-refractivity contribution < 1.29 is 4.42 Å². The van der Waals surface area contributed by atoms with Crippen molar-refractivity contribution in [2.45, 2.75) is 0 Å². The molecular formula is C48H33N3O. The molecule has 52 heavy (non-hydrogen) atoms. The van der Waals surface area contributed by atoms with Gasteiger partial charge < -0.3 is 18.8 Å². The van der Waals surface area contributed by atoms with Gasteiger partial charge in [-0.05, 0) is 84.9 Å². The molecule has 0 radical (unpaired) electrons. The van der Waals surface area contributed by atoms with Crippen molar-refractivity contribution in [2.24, 2.45) is 0 Å². The van der Waals surface area contributed by atoms with Crippen LogP contribution in [0.5, 0.6) is 0 Å². The van der Waals surface area contributed by atoms with Gasteiger partial charge >= 0.3 is 0 Å². The quantitative estimate of drug-likeness (QED) is 0.169. The Morgan fingerprint density at radius 1 is 0.365 bits per heavy atom. The lowest BCUT2D eigenvalue weighted by molar-refractivity contribution is 0.669. The SMILES string of the molecule is c1ccc(N(c2ccccc2)c2cc(N(c3ccccc3)c3ccccc3)c3oc4cccc(-n5c6ccccc6c6ccccc65)c4c3c2)cc1. The van der Waals surface area contributed by atoms with Crippen molar-refractivity contribution in [1.82, 2.24) is 4.57 Å². The molecule has 0 saturated carbocycles. The van der Waals surface area contributed by atoms with Crippen LogP contribution in [0.15, 0.2) is 205 Å². The average molecular weight is 668 g/mol. The second-order valence-electron chi connectivity index (χ2n) is 13.0. The van der Waals surface area contributed by atoms with Crippen LogP contribution in [0.2, 0.25) is 0 Å². The van der Waals surface area contributed by atoms with Gasteiger partial charge in [0, 0.05) is 44.6 Å². The zero-order chi connectivity index (χ0) is 34.4. The van der Waals surface area contributed by atoms with Gasteiger partial charge in [0.05, 0.1) is 27.8 Å². The molecule has 0 saturated heterocycles. The molecule has 0 aliphatic rings. The first kappa shape index (κ1) is 29.8. The van der Waals surface area contributed by atoms with Gasteiger partial charge in [0.15, 0.2) is 5.58 Å². The van der Waals surface area contributed by atoms with E-state index in [0.29, 0.717) is 0 Å². The Morgan fingerprint density at radius 2 is 0.827 bits per heavy atom. The Hall–Kier alpha value is -7.04. The summed E-state index contributed by atoms with van der Waals surface area (Å²) in [4.78, 5) is 4.64. The first-order chi connectivity index (χ1) is 25.8. The molecule has 2 heterocycles. The minimum atomic E-state index is 0.820. The van der Waals surface area contributed by atoms with Crippen molar-refractivity contribution in [3.63, 3.8) is 0 Å². The molecule has 246 valence electrons. The standard InChI is InChI=1S/C48H33N3O/c1-5-18-34(19-6-1)49(35-20-7-2-8-21-35)38-32-41-47-44(51-42-28-15-13-26-39(42)40-27-14-16-29-43(40)51)30-17-31-46(47)52-48(41)45(33-38)50(36-22-9-3-10-23-36)37-24-11-4-12-25-37/h1-33H. The van der Waals surface area contributed by atoms with Gasteiger partial charge in [0.1, 0.15) is 5.58 Å². The first-order valence-electron chi connectivity index (χ1n) is 17.6. The van der Waals surface area contributed by atoms with Crippen LogP contribution >= 0.6 is 0 Å². The van der Waals surface area contributed by atoms with Gasteiger partial charge in [-0.15, -0.1) is 0 Å². The van der Waals surface area contributed by atoms with E-state index in [1.54, 1.807) is 0 Å². The predicted molar refractivity (Wildman–Crippen MR) is 217 cm³/mol. The molecular weight excluding hydrogens is 635 g/mol. The topological polar surface area (TPSA) is 24.6 Å². The fourth-order valence-electron chi connectivity index (χ4n) is 7.72. The number of fused-ring (bicyclic) bond motifs is 6. The van der Waals surface area contributed by atoms with E-state index in [9.17, 15) is 0 Å². The average Bonchev–Trinajstić information content (AvgIpc) is 3.76. The summed E-state index contributed by atoms with van der Waals surface area (Å²) < 4.78 is 9.44. The van der Waals surface area contributed by atoms with Crippen LogP contribution in [-0.2, 0) is 0 Å². The van der Waals surface area contributed by atoms with Crippen LogP contribution in [0, 0.1) is 0 Å². The van der Waals surface area contributed by atoms with E-state index in [1.165, 1.54) is 10.8 Å². The van der Waals surface area contributed by atoms with E-state index >= 15 is 0 Å². The first-order valence-corrected chi connectivity index (χ1v) is 17.6. The van der Waals surface area contributed by atoms with E-state index in [-0.39, 0.29) is 0 Å². The number of para-hydroxylation sites is 6. The number of aromatic nitrogens is 1. The molecule has 0 amide bonds. The van der Waals surface area contributed by atoms with E-state index < -0.39 is 0 Å². The maximum Gasteiger partial charge on any atom is 0.159 e. The molecule has 10 aromatic rings. The molecule has 10 rings (SSSR count). The summed E-state index contributed by atoms with van der Waals surface area (Å²) >= 11 is 0. The molecule has 0 N–H and O–H groups in total. The zero-order valence-electron chi connectivity index (χ0n) is 28.3. The van der Waals surface area contributed by atoms with E-state index in [2.05, 4.69) is 215 Å². The molecule has 4 nitrogen and oxygen atoms in total. The molecule has 2 aromatic heterocycles. The number of furan rings is 1. The fraction of sp³-hybridized carbons (Fsp3) is 0. The molecule has 0 spiro atoms. The Balaban J connectivity index is 1.35. The van der Waals surface area contributed by atoms with E-state index in [4.69, 9.17) is 4.42 Å². The van der Waals surface area contributed by atoms with Crippen LogP contribution in [0.25, 0.3) is 49.4 Å². The molecule has 4 heteroatoms. The van der Waals surface area contributed by atoms with Crippen molar-refractivity contribution in [1.29, 1.82) is 0 Å². The summed E-state index contributed by atoms with van der Waals surface area (Å²) in [5.41, 5.74) is 11.2. The van der Waals surface area contributed by atoms with Gasteiger partial charge in [-0.25, -0.2) is 0 Å². The third-order valence-corrected chi connectivity index (χ3v) is 9.92. The molecule has 0 aliphatic carbocycles. The van der Waals surface area contributed by atoms with Crippen molar-refractivity contribution >= 4 is 77.9 Å². The number of hydrogen-bond donors (Lipinski definition) is 0. The summed E-state index contributed by atoms with van der Waals surface area (Å²) in [6.45, 7) is 0. The lowest BCUT2D eigenvalue weighted by Crippen LogP contribution is -2.13. The zero-order valence-corrected chi connectivity index (χ0v) is 28.3. The van der Waals surface area contributed by atoms with Gasteiger partial charge in [0.2, 0.25) is 0 Å². The lowest BCUT2D eigenvalue weighted by Gasteiger charge is -2.29. The van der Waals surface area contributed by atoms with Crippen LogP contribution in [-0.4, -0.2) is 4.57 Å².